The van der Waals surface area contributed by atoms with E-state index in [1.54, 1.807) is 10.9 Å². The van der Waals surface area contributed by atoms with E-state index in [0.717, 1.165) is 12.8 Å². The van der Waals surface area contributed by atoms with Gasteiger partial charge in [0.1, 0.15) is 17.0 Å². The van der Waals surface area contributed by atoms with Crippen LogP contribution in [0.2, 0.25) is 0 Å². The average molecular weight is 288 g/mol. The molecule has 0 atom stereocenters. The zero-order valence-electron chi connectivity index (χ0n) is 12.4. The number of hydrogen-bond acceptors (Lipinski definition) is 3. The second kappa shape index (κ2) is 6.92. The highest BCUT2D eigenvalue weighted by Crippen LogP contribution is 2.31. The summed E-state index contributed by atoms with van der Waals surface area (Å²) in [7, 11) is 0. The standard InChI is InChI=1S/C16H20N2O3/c1-3-5-10-18-11-13(16(19)20)15(17-18)12-8-6-7-9-14(12)21-4-2/h6-9,11H,3-5,10H2,1-2H3,(H,19,20). The van der Waals surface area contributed by atoms with Crippen molar-refractivity contribution in [1.29, 1.82) is 0 Å². The molecule has 2 rings (SSSR count). The molecule has 0 unspecified atom stereocenters. The molecular formula is C16H20N2O3. The number of nitrogens with zero attached hydrogens (tertiary/aromatic N) is 2. The van der Waals surface area contributed by atoms with Crippen LogP contribution in [0.15, 0.2) is 30.5 Å². The zero-order valence-corrected chi connectivity index (χ0v) is 12.4. The van der Waals surface area contributed by atoms with Crippen molar-refractivity contribution in [3.63, 3.8) is 0 Å². The third-order valence-electron chi connectivity index (χ3n) is 3.17. The number of aryl methyl sites for hydroxylation is 1. The van der Waals surface area contributed by atoms with Crippen molar-refractivity contribution in [1.82, 2.24) is 9.78 Å². The molecule has 1 aromatic heterocycles. The Kier molecular flexibility index (Phi) is 4.98. The summed E-state index contributed by atoms with van der Waals surface area (Å²) in [5.41, 5.74) is 1.38. The Hall–Kier alpha value is -2.30. The number of ether oxygens (including phenoxy) is 1. The molecule has 0 radical (unpaired) electrons. The number of hydrogen-bond donors (Lipinski definition) is 1. The molecule has 5 nitrogen and oxygen atoms in total. The molecule has 0 aliphatic rings. The van der Waals surface area contributed by atoms with Gasteiger partial charge in [-0.2, -0.15) is 5.10 Å². The summed E-state index contributed by atoms with van der Waals surface area (Å²) in [6.07, 6.45) is 3.59. The molecule has 1 N–H and O–H groups in total. The van der Waals surface area contributed by atoms with E-state index >= 15 is 0 Å². The molecule has 0 amide bonds. The van der Waals surface area contributed by atoms with Crippen molar-refractivity contribution in [3.8, 4) is 17.0 Å². The van der Waals surface area contributed by atoms with E-state index < -0.39 is 5.97 Å². The molecule has 0 spiro atoms. The molecule has 0 aliphatic carbocycles. The molecule has 5 heteroatoms. The van der Waals surface area contributed by atoms with Gasteiger partial charge in [0.25, 0.3) is 0 Å². The van der Waals surface area contributed by atoms with Crippen LogP contribution >= 0.6 is 0 Å². The Morgan fingerprint density at radius 2 is 2.10 bits per heavy atom. The number of unbranched alkanes of at least 4 members (excludes halogenated alkanes) is 1. The lowest BCUT2D eigenvalue weighted by Gasteiger charge is -2.08. The van der Waals surface area contributed by atoms with Crippen molar-refractivity contribution >= 4 is 5.97 Å². The first-order valence-corrected chi connectivity index (χ1v) is 7.20. The van der Waals surface area contributed by atoms with E-state index in [2.05, 4.69) is 12.0 Å². The molecule has 1 aromatic carbocycles. The van der Waals surface area contributed by atoms with Crippen LogP contribution in [0.3, 0.4) is 0 Å². The van der Waals surface area contributed by atoms with Crippen molar-refractivity contribution < 1.29 is 14.6 Å². The number of carboxylic acid groups (broad SMARTS) is 1. The molecular weight excluding hydrogens is 268 g/mol. The Morgan fingerprint density at radius 3 is 2.76 bits per heavy atom. The molecule has 0 aliphatic heterocycles. The number of carbonyl (C=O) groups is 1. The Balaban J connectivity index is 2.46. The van der Waals surface area contributed by atoms with Crippen LogP contribution in [0.1, 0.15) is 37.0 Å². The summed E-state index contributed by atoms with van der Waals surface area (Å²) < 4.78 is 7.27. The van der Waals surface area contributed by atoms with Gasteiger partial charge in [0.15, 0.2) is 0 Å². The quantitative estimate of drug-likeness (QED) is 0.847. The highest BCUT2D eigenvalue weighted by Gasteiger charge is 2.19. The average Bonchev–Trinajstić information content (AvgIpc) is 2.90. The first-order chi connectivity index (χ1) is 10.2. The van der Waals surface area contributed by atoms with E-state index in [0.29, 0.717) is 30.2 Å². The Labute approximate surface area is 124 Å². The summed E-state index contributed by atoms with van der Waals surface area (Å²) >= 11 is 0. The monoisotopic (exact) mass is 288 g/mol. The van der Waals surface area contributed by atoms with Gasteiger partial charge in [0.2, 0.25) is 0 Å². The number of aromatic nitrogens is 2. The van der Waals surface area contributed by atoms with Gasteiger partial charge >= 0.3 is 5.97 Å². The zero-order chi connectivity index (χ0) is 15.2. The molecule has 2 aromatic rings. The molecule has 0 bridgehead atoms. The van der Waals surface area contributed by atoms with E-state index in [1.165, 1.54) is 0 Å². The maximum Gasteiger partial charge on any atom is 0.339 e. The normalized spacial score (nSPS) is 10.6. The predicted octanol–water partition coefficient (Wildman–Crippen LogP) is 3.45. The molecule has 0 fully saturated rings. The second-order valence-corrected chi connectivity index (χ2v) is 4.74. The summed E-state index contributed by atoms with van der Waals surface area (Å²) in [4.78, 5) is 11.5. The minimum atomic E-state index is -0.973. The number of carboxylic acids is 1. The SMILES string of the molecule is CCCCn1cc(C(=O)O)c(-c2ccccc2OCC)n1. The smallest absolute Gasteiger partial charge is 0.339 e. The minimum Gasteiger partial charge on any atom is -0.493 e. The first-order valence-electron chi connectivity index (χ1n) is 7.20. The van der Waals surface area contributed by atoms with E-state index in [-0.39, 0.29) is 5.56 Å². The third kappa shape index (κ3) is 3.42. The molecule has 0 saturated carbocycles. The van der Waals surface area contributed by atoms with Gasteiger partial charge in [0.05, 0.1) is 6.61 Å². The highest BCUT2D eigenvalue weighted by molar-refractivity contribution is 5.95. The van der Waals surface area contributed by atoms with E-state index in [4.69, 9.17) is 4.74 Å². The fraction of sp³-hybridized carbons (Fsp3) is 0.375. The van der Waals surface area contributed by atoms with Gasteiger partial charge in [-0.15, -0.1) is 0 Å². The van der Waals surface area contributed by atoms with Crippen LogP contribution in [0.5, 0.6) is 5.75 Å². The predicted molar refractivity (Wildman–Crippen MR) is 80.7 cm³/mol. The van der Waals surface area contributed by atoms with Crippen LogP contribution < -0.4 is 4.74 Å². The third-order valence-corrected chi connectivity index (χ3v) is 3.17. The van der Waals surface area contributed by atoms with E-state index in [9.17, 15) is 9.90 Å². The lowest BCUT2D eigenvalue weighted by atomic mass is 10.1. The van der Waals surface area contributed by atoms with Gasteiger partial charge in [0, 0.05) is 18.3 Å². The van der Waals surface area contributed by atoms with Crippen molar-refractivity contribution in [2.24, 2.45) is 0 Å². The molecule has 21 heavy (non-hydrogen) atoms. The highest BCUT2D eigenvalue weighted by atomic mass is 16.5. The van der Waals surface area contributed by atoms with E-state index in [1.807, 2.05) is 31.2 Å². The van der Waals surface area contributed by atoms with Crippen LogP contribution in [0.4, 0.5) is 0 Å². The fourth-order valence-electron chi connectivity index (χ4n) is 2.16. The largest absolute Gasteiger partial charge is 0.493 e. The van der Waals surface area contributed by atoms with Gasteiger partial charge in [-0.3, -0.25) is 4.68 Å². The van der Waals surface area contributed by atoms with Crippen molar-refractivity contribution in [3.05, 3.63) is 36.0 Å². The summed E-state index contributed by atoms with van der Waals surface area (Å²) in [5.74, 6) is -0.317. The fourth-order valence-corrected chi connectivity index (χ4v) is 2.16. The first kappa shape index (κ1) is 15.1. The van der Waals surface area contributed by atoms with Crippen LogP contribution in [-0.2, 0) is 6.54 Å². The van der Waals surface area contributed by atoms with Gasteiger partial charge in [-0.05, 0) is 25.5 Å². The molecule has 112 valence electrons. The van der Waals surface area contributed by atoms with Crippen LogP contribution in [0.25, 0.3) is 11.3 Å². The summed E-state index contributed by atoms with van der Waals surface area (Å²) in [5, 5.41) is 13.8. The maximum absolute atomic E-state index is 11.5. The number of aromatic carboxylic acids is 1. The number of rotatable bonds is 7. The molecule has 1 heterocycles. The number of benzene rings is 1. The van der Waals surface area contributed by atoms with Crippen LogP contribution in [0, 0.1) is 0 Å². The van der Waals surface area contributed by atoms with Crippen LogP contribution in [-0.4, -0.2) is 27.5 Å². The second-order valence-electron chi connectivity index (χ2n) is 4.74. The summed E-state index contributed by atoms with van der Waals surface area (Å²) in [6, 6.07) is 7.39. The minimum absolute atomic E-state index is 0.207. The lowest BCUT2D eigenvalue weighted by molar-refractivity contribution is 0.0697. The van der Waals surface area contributed by atoms with Crippen molar-refractivity contribution in [2.45, 2.75) is 33.2 Å². The Morgan fingerprint density at radius 1 is 1.33 bits per heavy atom. The number of para-hydroxylation sites is 1. The van der Waals surface area contributed by atoms with Gasteiger partial charge in [-0.1, -0.05) is 25.5 Å². The maximum atomic E-state index is 11.5. The van der Waals surface area contributed by atoms with Gasteiger partial charge < -0.3 is 9.84 Å². The molecule has 0 saturated heterocycles. The lowest BCUT2D eigenvalue weighted by Crippen LogP contribution is -1.99. The Bertz CT molecular complexity index is 620. The topological polar surface area (TPSA) is 64.4 Å². The summed E-state index contributed by atoms with van der Waals surface area (Å²) in [6.45, 7) is 5.23. The van der Waals surface area contributed by atoms with Gasteiger partial charge in [-0.25, -0.2) is 4.79 Å². The van der Waals surface area contributed by atoms with Crippen molar-refractivity contribution in [2.75, 3.05) is 6.61 Å².